The molecule has 2 aromatic carbocycles. The second-order valence-electron chi connectivity index (χ2n) is 4.09. The predicted octanol–water partition coefficient (Wildman–Crippen LogP) is 3.32. The standard InChI is InChI=1S/C15H17NO.ClH/c1-16-14(11-12-7-3-2-4-8-12)13-9-5-6-10-15(13)17;/h2-10,14,16-17H,11H2,1H3;1H. The van der Waals surface area contributed by atoms with Gasteiger partial charge in [0, 0.05) is 11.6 Å². The molecule has 2 N–H and O–H groups in total. The van der Waals surface area contributed by atoms with Gasteiger partial charge in [0.05, 0.1) is 0 Å². The van der Waals surface area contributed by atoms with Gasteiger partial charge in [-0.3, -0.25) is 0 Å². The van der Waals surface area contributed by atoms with Gasteiger partial charge in [0.1, 0.15) is 5.75 Å². The van der Waals surface area contributed by atoms with Gasteiger partial charge in [0.2, 0.25) is 0 Å². The zero-order valence-electron chi connectivity index (χ0n) is 10.3. The Morgan fingerprint density at radius 2 is 1.61 bits per heavy atom. The number of phenolic OH excluding ortho intramolecular Hbond substituents is 1. The summed E-state index contributed by atoms with van der Waals surface area (Å²) in [5, 5.41) is 13.1. The van der Waals surface area contributed by atoms with Crippen LogP contribution in [0.15, 0.2) is 54.6 Å². The summed E-state index contributed by atoms with van der Waals surface area (Å²) < 4.78 is 0. The van der Waals surface area contributed by atoms with Gasteiger partial charge in [0.25, 0.3) is 0 Å². The Labute approximate surface area is 114 Å². The van der Waals surface area contributed by atoms with Crippen LogP contribution in [0.1, 0.15) is 17.2 Å². The summed E-state index contributed by atoms with van der Waals surface area (Å²) in [6.45, 7) is 0. The van der Waals surface area contributed by atoms with E-state index in [-0.39, 0.29) is 18.4 Å². The fourth-order valence-electron chi connectivity index (χ4n) is 2.00. The predicted molar refractivity (Wildman–Crippen MR) is 77.3 cm³/mol. The first kappa shape index (κ1) is 14.6. The van der Waals surface area contributed by atoms with E-state index in [1.54, 1.807) is 6.07 Å². The first-order valence-corrected chi connectivity index (χ1v) is 5.80. The highest BCUT2D eigenvalue weighted by atomic mass is 35.5. The van der Waals surface area contributed by atoms with Crippen LogP contribution in [0, 0.1) is 0 Å². The van der Waals surface area contributed by atoms with E-state index in [4.69, 9.17) is 0 Å². The second kappa shape index (κ2) is 7.04. The maximum absolute atomic E-state index is 9.85. The van der Waals surface area contributed by atoms with Crippen LogP contribution in [0.3, 0.4) is 0 Å². The van der Waals surface area contributed by atoms with Crippen LogP contribution in [0.2, 0.25) is 0 Å². The Bertz CT molecular complexity index is 473. The van der Waals surface area contributed by atoms with E-state index in [1.165, 1.54) is 5.56 Å². The number of hydrogen-bond donors (Lipinski definition) is 2. The van der Waals surface area contributed by atoms with Crippen LogP contribution in [0.4, 0.5) is 0 Å². The first-order valence-electron chi connectivity index (χ1n) is 5.80. The summed E-state index contributed by atoms with van der Waals surface area (Å²) >= 11 is 0. The minimum Gasteiger partial charge on any atom is -0.508 e. The van der Waals surface area contributed by atoms with E-state index in [9.17, 15) is 5.11 Å². The van der Waals surface area contributed by atoms with Crippen LogP contribution in [0.5, 0.6) is 5.75 Å². The number of phenols is 1. The monoisotopic (exact) mass is 263 g/mol. The number of hydrogen-bond acceptors (Lipinski definition) is 2. The van der Waals surface area contributed by atoms with Gasteiger partial charge >= 0.3 is 0 Å². The SMILES string of the molecule is CNC(Cc1ccccc1)c1ccccc1O.Cl. The molecule has 0 saturated carbocycles. The minimum absolute atomic E-state index is 0. The molecule has 1 unspecified atom stereocenters. The summed E-state index contributed by atoms with van der Waals surface area (Å²) in [6, 6.07) is 17.9. The minimum atomic E-state index is 0. The lowest BCUT2D eigenvalue weighted by Gasteiger charge is -2.17. The number of aromatic hydroxyl groups is 1. The van der Waals surface area contributed by atoms with Crippen molar-refractivity contribution >= 4 is 12.4 Å². The average molecular weight is 264 g/mol. The number of nitrogens with one attached hydrogen (secondary N) is 1. The number of halogens is 1. The van der Waals surface area contributed by atoms with Gasteiger partial charge in [-0.15, -0.1) is 12.4 Å². The van der Waals surface area contributed by atoms with E-state index in [0.29, 0.717) is 5.75 Å². The topological polar surface area (TPSA) is 32.3 Å². The van der Waals surface area contributed by atoms with Crippen molar-refractivity contribution in [2.75, 3.05) is 7.05 Å². The molecule has 0 aromatic heterocycles. The highest BCUT2D eigenvalue weighted by Crippen LogP contribution is 2.25. The number of para-hydroxylation sites is 1. The summed E-state index contributed by atoms with van der Waals surface area (Å²) in [4.78, 5) is 0. The number of benzene rings is 2. The second-order valence-corrected chi connectivity index (χ2v) is 4.09. The third-order valence-electron chi connectivity index (χ3n) is 2.94. The molecule has 2 nitrogen and oxygen atoms in total. The van der Waals surface area contributed by atoms with Crippen LogP contribution in [0.25, 0.3) is 0 Å². The Hall–Kier alpha value is -1.51. The molecule has 0 aliphatic carbocycles. The number of likely N-dealkylation sites (N-methyl/N-ethyl adjacent to an activating group) is 1. The van der Waals surface area contributed by atoms with Gasteiger partial charge < -0.3 is 10.4 Å². The molecule has 2 rings (SSSR count). The Morgan fingerprint density at radius 3 is 2.22 bits per heavy atom. The molecule has 0 saturated heterocycles. The van der Waals surface area contributed by atoms with Crippen LogP contribution in [-0.4, -0.2) is 12.2 Å². The lowest BCUT2D eigenvalue weighted by molar-refractivity contribution is 0.452. The molecule has 0 aliphatic rings. The number of rotatable bonds is 4. The summed E-state index contributed by atoms with van der Waals surface area (Å²) in [6.07, 6.45) is 0.870. The molecule has 18 heavy (non-hydrogen) atoms. The molecule has 3 heteroatoms. The Kier molecular flexibility index (Phi) is 5.69. The smallest absolute Gasteiger partial charge is 0.120 e. The maximum Gasteiger partial charge on any atom is 0.120 e. The third kappa shape index (κ3) is 3.49. The van der Waals surface area contributed by atoms with Crippen molar-refractivity contribution in [1.82, 2.24) is 5.32 Å². The van der Waals surface area contributed by atoms with Crippen molar-refractivity contribution in [2.24, 2.45) is 0 Å². The quantitative estimate of drug-likeness (QED) is 0.887. The van der Waals surface area contributed by atoms with Gasteiger partial charge in [0.15, 0.2) is 0 Å². The molecule has 0 spiro atoms. The molecule has 2 aromatic rings. The summed E-state index contributed by atoms with van der Waals surface area (Å²) in [5.41, 5.74) is 2.20. The normalized spacial score (nSPS) is 11.6. The molecule has 0 amide bonds. The van der Waals surface area contributed by atoms with E-state index in [0.717, 1.165) is 12.0 Å². The molecule has 0 heterocycles. The van der Waals surface area contributed by atoms with E-state index in [1.807, 2.05) is 43.4 Å². The van der Waals surface area contributed by atoms with Crippen molar-refractivity contribution in [3.63, 3.8) is 0 Å². The van der Waals surface area contributed by atoms with E-state index in [2.05, 4.69) is 17.4 Å². The Balaban J connectivity index is 0.00000162. The Morgan fingerprint density at radius 1 is 1.00 bits per heavy atom. The van der Waals surface area contributed by atoms with Crippen LogP contribution in [-0.2, 0) is 6.42 Å². The fraction of sp³-hybridized carbons (Fsp3) is 0.200. The molecule has 0 bridgehead atoms. The third-order valence-corrected chi connectivity index (χ3v) is 2.94. The van der Waals surface area contributed by atoms with Gasteiger partial charge in [-0.2, -0.15) is 0 Å². The van der Waals surface area contributed by atoms with Crippen molar-refractivity contribution in [3.05, 3.63) is 65.7 Å². The van der Waals surface area contributed by atoms with Crippen LogP contribution >= 0.6 is 12.4 Å². The molecule has 0 fully saturated rings. The lowest BCUT2D eigenvalue weighted by atomic mass is 9.98. The van der Waals surface area contributed by atoms with Gasteiger partial charge in [-0.1, -0.05) is 48.5 Å². The zero-order chi connectivity index (χ0) is 12.1. The molecule has 96 valence electrons. The fourth-order valence-corrected chi connectivity index (χ4v) is 2.00. The van der Waals surface area contributed by atoms with Crippen molar-refractivity contribution in [2.45, 2.75) is 12.5 Å². The zero-order valence-corrected chi connectivity index (χ0v) is 11.2. The summed E-state index contributed by atoms with van der Waals surface area (Å²) in [5.74, 6) is 0.350. The highest BCUT2D eigenvalue weighted by Gasteiger charge is 2.13. The van der Waals surface area contributed by atoms with E-state index >= 15 is 0 Å². The van der Waals surface area contributed by atoms with Gasteiger partial charge in [-0.05, 0) is 25.1 Å². The molecule has 0 aliphatic heterocycles. The molecule has 0 radical (unpaired) electrons. The average Bonchev–Trinajstić information content (AvgIpc) is 2.38. The molecular weight excluding hydrogens is 246 g/mol. The maximum atomic E-state index is 9.85. The van der Waals surface area contributed by atoms with Crippen LogP contribution < -0.4 is 5.32 Å². The first-order chi connectivity index (χ1) is 8.31. The van der Waals surface area contributed by atoms with E-state index < -0.39 is 0 Å². The van der Waals surface area contributed by atoms with Crippen molar-refractivity contribution in [3.8, 4) is 5.75 Å². The molecule has 1 atom stereocenters. The largest absolute Gasteiger partial charge is 0.508 e. The van der Waals surface area contributed by atoms with Gasteiger partial charge in [-0.25, -0.2) is 0 Å². The summed E-state index contributed by atoms with van der Waals surface area (Å²) in [7, 11) is 1.92. The molecular formula is C15H18ClNO. The van der Waals surface area contributed by atoms with Crippen molar-refractivity contribution in [1.29, 1.82) is 0 Å². The van der Waals surface area contributed by atoms with Crippen molar-refractivity contribution < 1.29 is 5.11 Å². The lowest BCUT2D eigenvalue weighted by Crippen LogP contribution is -2.18. The highest BCUT2D eigenvalue weighted by molar-refractivity contribution is 5.85.